The van der Waals surface area contributed by atoms with Gasteiger partial charge in [0.25, 0.3) is 0 Å². The standard InChI is InChI=1S/C19H27NO6/c1-3-19(6-4-5-7-19)26-18(23)14-11-8-10-13(14)17(22)25-16(10)15(11)24-12(21)9-20-2/h10-11,13-16,20H,3-9H2,1-2H3. The molecular formula is C19H27NO6. The third-order valence-electron chi connectivity index (χ3n) is 6.88. The number of carbonyl (C=O) groups is 3. The monoisotopic (exact) mass is 365 g/mol. The molecular weight excluding hydrogens is 338 g/mol. The average Bonchev–Trinajstić information content (AvgIpc) is 3.33. The molecule has 0 amide bonds. The van der Waals surface area contributed by atoms with Gasteiger partial charge in [0.1, 0.15) is 17.8 Å². The Kier molecular flexibility index (Phi) is 4.45. The van der Waals surface area contributed by atoms with Crippen molar-refractivity contribution in [2.45, 2.75) is 63.3 Å². The van der Waals surface area contributed by atoms with Crippen molar-refractivity contribution in [1.82, 2.24) is 5.32 Å². The molecule has 144 valence electrons. The first-order valence-electron chi connectivity index (χ1n) is 9.77. The minimum Gasteiger partial charge on any atom is -0.459 e. The fourth-order valence-corrected chi connectivity index (χ4v) is 5.64. The van der Waals surface area contributed by atoms with E-state index in [2.05, 4.69) is 5.32 Å². The molecule has 3 aliphatic carbocycles. The molecule has 4 fully saturated rings. The summed E-state index contributed by atoms with van der Waals surface area (Å²) in [5, 5.41) is 2.76. The van der Waals surface area contributed by atoms with E-state index in [4.69, 9.17) is 14.2 Å². The van der Waals surface area contributed by atoms with E-state index in [0.29, 0.717) is 6.42 Å². The second-order valence-electron chi connectivity index (χ2n) is 8.17. The molecule has 26 heavy (non-hydrogen) atoms. The minimum absolute atomic E-state index is 0.0430. The molecule has 2 bridgehead atoms. The second kappa shape index (κ2) is 6.51. The first-order chi connectivity index (χ1) is 12.5. The van der Waals surface area contributed by atoms with Gasteiger partial charge in [0.2, 0.25) is 0 Å². The van der Waals surface area contributed by atoms with Gasteiger partial charge < -0.3 is 19.5 Å². The number of nitrogens with one attached hydrogen (secondary N) is 1. The van der Waals surface area contributed by atoms with Crippen LogP contribution in [0.2, 0.25) is 0 Å². The van der Waals surface area contributed by atoms with Crippen LogP contribution < -0.4 is 5.32 Å². The van der Waals surface area contributed by atoms with Crippen molar-refractivity contribution >= 4 is 17.9 Å². The Labute approximate surface area is 153 Å². The molecule has 1 N–H and O–H groups in total. The molecule has 6 unspecified atom stereocenters. The van der Waals surface area contributed by atoms with Crippen molar-refractivity contribution < 1.29 is 28.6 Å². The van der Waals surface area contributed by atoms with Crippen molar-refractivity contribution in [2.24, 2.45) is 23.7 Å². The van der Waals surface area contributed by atoms with E-state index in [9.17, 15) is 14.4 Å². The number of likely N-dealkylation sites (N-methyl/N-ethyl adjacent to an activating group) is 1. The summed E-state index contributed by atoms with van der Waals surface area (Å²) in [6.07, 6.45) is 4.42. The van der Waals surface area contributed by atoms with Crippen LogP contribution in [-0.4, -0.2) is 49.3 Å². The van der Waals surface area contributed by atoms with E-state index < -0.39 is 30.0 Å². The highest BCUT2D eigenvalue weighted by molar-refractivity contribution is 5.86. The van der Waals surface area contributed by atoms with Crippen molar-refractivity contribution in [3.63, 3.8) is 0 Å². The van der Waals surface area contributed by atoms with E-state index in [1.54, 1.807) is 7.05 Å². The highest BCUT2D eigenvalue weighted by atomic mass is 16.6. The summed E-state index contributed by atoms with van der Waals surface area (Å²) in [6, 6.07) is 0. The Hall–Kier alpha value is -1.63. The molecule has 1 aliphatic heterocycles. The fourth-order valence-electron chi connectivity index (χ4n) is 5.64. The van der Waals surface area contributed by atoms with Gasteiger partial charge in [-0.3, -0.25) is 14.4 Å². The Bertz CT molecular complexity index is 613. The highest BCUT2D eigenvalue weighted by Gasteiger charge is 2.70. The van der Waals surface area contributed by atoms with Crippen LogP contribution in [0, 0.1) is 23.7 Å². The molecule has 0 aromatic rings. The van der Waals surface area contributed by atoms with Gasteiger partial charge in [-0.05, 0) is 45.6 Å². The Morgan fingerprint density at radius 1 is 1.27 bits per heavy atom. The molecule has 6 atom stereocenters. The number of ether oxygens (including phenoxy) is 3. The number of esters is 3. The molecule has 7 nitrogen and oxygen atoms in total. The van der Waals surface area contributed by atoms with Gasteiger partial charge in [-0.2, -0.15) is 0 Å². The minimum atomic E-state index is -0.553. The van der Waals surface area contributed by atoms with Crippen LogP contribution >= 0.6 is 0 Å². The second-order valence-corrected chi connectivity index (χ2v) is 8.17. The van der Waals surface area contributed by atoms with Crippen molar-refractivity contribution in [3.05, 3.63) is 0 Å². The van der Waals surface area contributed by atoms with Crippen LogP contribution in [0.4, 0.5) is 0 Å². The Morgan fingerprint density at radius 3 is 2.65 bits per heavy atom. The van der Waals surface area contributed by atoms with Gasteiger partial charge >= 0.3 is 17.9 Å². The lowest BCUT2D eigenvalue weighted by molar-refractivity contribution is -0.174. The van der Waals surface area contributed by atoms with E-state index in [0.717, 1.165) is 32.1 Å². The van der Waals surface area contributed by atoms with Gasteiger partial charge in [-0.25, -0.2) is 0 Å². The van der Waals surface area contributed by atoms with Crippen LogP contribution in [0.15, 0.2) is 0 Å². The summed E-state index contributed by atoms with van der Waals surface area (Å²) in [6.45, 7) is 2.13. The average molecular weight is 365 g/mol. The van der Waals surface area contributed by atoms with E-state index in [1.807, 2.05) is 6.92 Å². The molecule has 3 saturated carbocycles. The maximum absolute atomic E-state index is 13.1. The van der Waals surface area contributed by atoms with E-state index in [1.165, 1.54) is 0 Å². The quantitative estimate of drug-likeness (QED) is 0.558. The van der Waals surface area contributed by atoms with Gasteiger partial charge in [0.15, 0.2) is 0 Å². The molecule has 0 aromatic carbocycles. The van der Waals surface area contributed by atoms with Crippen molar-refractivity contribution in [2.75, 3.05) is 13.6 Å². The van der Waals surface area contributed by atoms with Crippen molar-refractivity contribution in [1.29, 1.82) is 0 Å². The number of hydrogen-bond acceptors (Lipinski definition) is 7. The summed E-state index contributed by atoms with van der Waals surface area (Å²) in [5.74, 6) is -2.26. The Morgan fingerprint density at radius 2 is 2.00 bits per heavy atom. The van der Waals surface area contributed by atoms with Crippen LogP contribution in [-0.2, 0) is 28.6 Å². The molecule has 1 saturated heterocycles. The predicted molar refractivity (Wildman–Crippen MR) is 89.8 cm³/mol. The summed E-state index contributed by atoms with van der Waals surface area (Å²) >= 11 is 0. The first kappa shape index (κ1) is 17.8. The lowest BCUT2D eigenvalue weighted by Gasteiger charge is -2.34. The molecule has 0 aromatic heterocycles. The van der Waals surface area contributed by atoms with Gasteiger partial charge in [-0.15, -0.1) is 0 Å². The molecule has 0 spiro atoms. The van der Waals surface area contributed by atoms with Gasteiger partial charge in [0, 0.05) is 11.8 Å². The van der Waals surface area contributed by atoms with E-state index in [-0.39, 0.29) is 35.9 Å². The van der Waals surface area contributed by atoms with Crippen LogP contribution in [0.3, 0.4) is 0 Å². The Balaban J connectivity index is 1.53. The summed E-state index contributed by atoms with van der Waals surface area (Å²) in [5.41, 5.74) is -0.390. The third-order valence-corrected chi connectivity index (χ3v) is 6.88. The number of rotatable bonds is 6. The molecule has 0 radical (unpaired) electrons. The molecule has 4 aliphatic rings. The number of hydrogen-bond donors (Lipinski definition) is 1. The van der Waals surface area contributed by atoms with Gasteiger partial charge in [-0.1, -0.05) is 6.92 Å². The molecule has 7 heteroatoms. The SMILES string of the molecule is CCC1(OC(=O)C2C3CC4C(OC(=O)C42)C3OC(=O)CNC)CCCC1. The maximum atomic E-state index is 13.1. The smallest absolute Gasteiger partial charge is 0.320 e. The van der Waals surface area contributed by atoms with E-state index >= 15 is 0 Å². The fraction of sp³-hybridized carbons (Fsp3) is 0.842. The van der Waals surface area contributed by atoms with Crippen LogP contribution in [0.1, 0.15) is 45.4 Å². The zero-order chi connectivity index (χ0) is 18.5. The molecule has 1 heterocycles. The molecule has 4 rings (SSSR count). The van der Waals surface area contributed by atoms with Crippen molar-refractivity contribution in [3.8, 4) is 0 Å². The lowest BCUT2D eigenvalue weighted by atomic mass is 9.78. The van der Waals surface area contributed by atoms with Gasteiger partial charge in [0.05, 0.1) is 18.4 Å². The first-order valence-corrected chi connectivity index (χ1v) is 9.77. The predicted octanol–water partition coefficient (Wildman–Crippen LogP) is 1.19. The third kappa shape index (κ3) is 2.63. The zero-order valence-electron chi connectivity index (χ0n) is 15.4. The number of carbonyl (C=O) groups excluding carboxylic acids is 3. The van der Waals surface area contributed by atoms with Crippen LogP contribution in [0.5, 0.6) is 0 Å². The number of fused-ring (bicyclic) bond motifs is 1. The maximum Gasteiger partial charge on any atom is 0.320 e. The van der Waals surface area contributed by atoms with Crippen LogP contribution in [0.25, 0.3) is 0 Å². The topological polar surface area (TPSA) is 90.9 Å². The lowest BCUT2D eigenvalue weighted by Crippen LogP contribution is -2.46. The summed E-state index contributed by atoms with van der Waals surface area (Å²) < 4.78 is 17.1. The highest BCUT2D eigenvalue weighted by Crippen LogP contribution is 2.59. The summed E-state index contributed by atoms with van der Waals surface area (Å²) in [7, 11) is 1.67. The zero-order valence-corrected chi connectivity index (χ0v) is 15.4. The summed E-state index contributed by atoms with van der Waals surface area (Å²) in [4.78, 5) is 37.4. The largest absolute Gasteiger partial charge is 0.459 e. The normalized spacial score (nSPS) is 39.1.